The summed E-state index contributed by atoms with van der Waals surface area (Å²) < 4.78 is 0. The van der Waals surface area contributed by atoms with Gasteiger partial charge in [-0.25, -0.2) is 0 Å². The maximum Gasteiger partial charge on any atom is 0.290 e. The number of carbonyl (C=O) groups excluding carboxylic acids is 6. The highest BCUT2D eigenvalue weighted by Gasteiger charge is 2.69. The van der Waals surface area contributed by atoms with E-state index in [1.807, 2.05) is 20.8 Å². The van der Waals surface area contributed by atoms with E-state index in [1.54, 1.807) is 49.3 Å². The first-order valence-corrected chi connectivity index (χ1v) is 15.7. The third kappa shape index (κ3) is 7.54. The molecular formula is C33H48N6O6. The van der Waals surface area contributed by atoms with Gasteiger partial charge in [0, 0.05) is 20.6 Å². The number of nitrogens with two attached hydrogens (primary N) is 1. The van der Waals surface area contributed by atoms with E-state index >= 15 is 0 Å². The number of amides is 5. The van der Waals surface area contributed by atoms with Crippen molar-refractivity contribution in [3.8, 4) is 0 Å². The van der Waals surface area contributed by atoms with E-state index in [4.69, 9.17) is 5.73 Å². The lowest BCUT2D eigenvalue weighted by Crippen LogP contribution is -2.59. The van der Waals surface area contributed by atoms with Gasteiger partial charge in [0.25, 0.3) is 5.91 Å². The number of likely N-dealkylation sites (N-methyl/N-ethyl adjacent to an activating group) is 1. The Labute approximate surface area is 265 Å². The van der Waals surface area contributed by atoms with Crippen LogP contribution in [0.3, 0.4) is 0 Å². The SMILES string of the molecule is CN(C)C(=O)[C@@H](NC(=O)CNC(=O)C(=O)C(CC1CC1)NC(=O)[C@@H]1[C@@H]2[C@H](CN1C(=O)[C@@H](N)C(C)(C)C)C2(C)C)c1ccccc1. The Morgan fingerprint density at radius 3 is 2.20 bits per heavy atom. The predicted octanol–water partition coefficient (Wildman–Crippen LogP) is 0.759. The van der Waals surface area contributed by atoms with Crippen molar-refractivity contribution in [1.82, 2.24) is 25.8 Å². The Balaban J connectivity index is 1.42. The maximum atomic E-state index is 13.8. The van der Waals surface area contributed by atoms with Crippen molar-refractivity contribution >= 4 is 35.3 Å². The molecule has 3 fully saturated rings. The molecule has 0 spiro atoms. The van der Waals surface area contributed by atoms with Gasteiger partial charge < -0.3 is 31.5 Å². The minimum Gasteiger partial charge on any atom is -0.347 e. The number of hydrogen-bond donors (Lipinski definition) is 4. The van der Waals surface area contributed by atoms with Crippen LogP contribution >= 0.6 is 0 Å². The third-order valence-corrected chi connectivity index (χ3v) is 9.62. The number of nitrogens with zero attached hydrogens (tertiary/aromatic N) is 2. The summed E-state index contributed by atoms with van der Waals surface area (Å²) in [6.07, 6.45) is 2.06. The van der Waals surface area contributed by atoms with Crippen LogP contribution in [0.1, 0.15) is 65.5 Å². The van der Waals surface area contributed by atoms with Crippen molar-refractivity contribution in [2.75, 3.05) is 27.2 Å². The van der Waals surface area contributed by atoms with Crippen LogP contribution in [0.4, 0.5) is 0 Å². The summed E-state index contributed by atoms with van der Waals surface area (Å²) in [5.41, 5.74) is 6.22. The molecule has 4 rings (SSSR count). The Kier molecular flexibility index (Phi) is 9.77. The van der Waals surface area contributed by atoms with Crippen LogP contribution in [0.15, 0.2) is 30.3 Å². The largest absolute Gasteiger partial charge is 0.347 e. The highest BCUT2D eigenvalue weighted by molar-refractivity contribution is 6.38. The number of benzene rings is 1. The zero-order valence-corrected chi connectivity index (χ0v) is 27.4. The van der Waals surface area contributed by atoms with Crippen LogP contribution in [-0.2, 0) is 28.8 Å². The third-order valence-electron chi connectivity index (χ3n) is 9.62. The van der Waals surface area contributed by atoms with Gasteiger partial charge in [-0.15, -0.1) is 0 Å². The van der Waals surface area contributed by atoms with Crippen LogP contribution in [-0.4, -0.2) is 90.4 Å². The number of Topliss-reactive ketones (excluding diaryl/α,β-unsaturated/α-hetero) is 1. The fraction of sp³-hybridized carbons (Fsp3) is 0.636. The lowest BCUT2D eigenvalue weighted by molar-refractivity contribution is -0.145. The highest BCUT2D eigenvalue weighted by atomic mass is 16.2. The van der Waals surface area contributed by atoms with Gasteiger partial charge in [-0.2, -0.15) is 0 Å². The first kappa shape index (κ1) is 34.1. The zero-order chi connectivity index (χ0) is 33.4. The standard InChI is InChI=1S/C33H48N6O6/c1-32(2,3)27(34)31(45)39-17-20-23(33(20,4)5)25(39)28(42)36-21(15-18-13-14-18)26(41)29(43)35-16-22(40)37-24(30(44)38(6)7)19-11-9-8-10-12-19/h8-12,18,20-21,23-25,27H,13-17,34H2,1-7H3,(H,35,43)(H,36,42)(H,37,40)/t20-,21?,23-,24-,25-,27+/m0/s1. The maximum absolute atomic E-state index is 13.8. The van der Waals surface area contributed by atoms with Gasteiger partial charge in [0.2, 0.25) is 29.4 Å². The molecule has 0 radical (unpaired) electrons. The summed E-state index contributed by atoms with van der Waals surface area (Å²) in [5, 5.41) is 7.79. The molecule has 1 aliphatic heterocycles. The summed E-state index contributed by atoms with van der Waals surface area (Å²) >= 11 is 0. The second-order valence-electron chi connectivity index (χ2n) is 14.7. The van der Waals surface area contributed by atoms with E-state index in [1.165, 1.54) is 4.90 Å². The van der Waals surface area contributed by atoms with Gasteiger partial charge in [-0.1, -0.05) is 77.8 Å². The molecular weight excluding hydrogens is 576 g/mol. The first-order chi connectivity index (χ1) is 20.9. The fourth-order valence-corrected chi connectivity index (χ4v) is 6.35. The molecule has 2 aliphatic carbocycles. The molecule has 0 aromatic heterocycles. The molecule has 1 heterocycles. The van der Waals surface area contributed by atoms with Gasteiger partial charge in [-0.3, -0.25) is 28.8 Å². The van der Waals surface area contributed by atoms with E-state index in [2.05, 4.69) is 29.8 Å². The van der Waals surface area contributed by atoms with Crippen LogP contribution < -0.4 is 21.7 Å². The van der Waals surface area contributed by atoms with Crippen LogP contribution in [0.25, 0.3) is 0 Å². The van der Waals surface area contributed by atoms with E-state index in [9.17, 15) is 28.8 Å². The molecule has 45 heavy (non-hydrogen) atoms. The number of rotatable bonds is 12. The van der Waals surface area contributed by atoms with E-state index in [0.29, 0.717) is 12.1 Å². The first-order valence-electron chi connectivity index (χ1n) is 15.7. The molecule has 1 aromatic rings. The Bertz CT molecular complexity index is 1330. The molecule has 2 saturated carbocycles. The lowest BCUT2D eigenvalue weighted by Gasteiger charge is -2.36. The molecule has 12 heteroatoms. The monoisotopic (exact) mass is 624 g/mol. The van der Waals surface area contributed by atoms with E-state index < -0.39 is 59.6 Å². The Hall–Kier alpha value is -3.80. The average molecular weight is 625 g/mol. The Morgan fingerprint density at radius 2 is 1.64 bits per heavy atom. The minimum atomic E-state index is -1.10. The molecule has 1 aromatic carbocycles. The topological polar surface area (TPSA) is 171 Å². The molecule has 0 bridgehead atoms. The van der Waals surface area contributed by atoms with Gasteiger partial charge in [0.15, 0.2) is 0 Å². The molecule has 12 nitrogen and oxygen atoms in total. The number of likely N-dealkylation sites (tertiary alicyclic amines) is 1. The summed E-state index contributed by atoms with van der Waals surface area (Å²) in [5.74, 6) is -3.40. The number of hydrogen-bond acceptors (Lipinski definition) is 7. The molecule has 3 aliphatic rings. The summed E-state index contributed by atoms with van der Waals surface area (Å²) in [4.78, 5) is 82.0. The second-order valence-corrected chi connectivity index (χ2v) is 14.7. The second kappa shape index (κ2) is 12.9. The van der Waals surface area contributed by atoms with E-state index in [0.717, 1.165) is 12.8 Å². The van der Waals surface area contributed by atoms with Gasteiger partial charge in [0.1, 0.15) is 12.1 Å². The van der Waals surface area contributed by atoms with Gasteiger partial charge in [0.05, 0.1) is 18.6 Å². The molecule has 246 valence electrons. The Morgan fingerprint density at radius 1 is 1.02 bits per heavy atom. The minimum absolute atomic E-state index is 0.0785. The van der Waals surface area contributed by atoms with Gasteiger partial charge >= 0.3 is 0 Å². The average Bonchev–Trinajstić information content (AvgIpc) is 3.84. The normalized spacial score (nSPS) is 23.6. The highest BCUT2D eigenvalue weighted by Crippen LogP contribution is 2.65. The van der Waals surface area contributed by atoms with Crippen molar-refractivity contribution < 1.29 is 28.8 Å². The quantitative estimate of drug-likeness (QED) is 0.249. The fourth-order valence-electron chi connectivity index (χ4n) is 6.35. The number of carbonyl (C=O) groups is 6. The van der Waals surface area contributed by atoms with Crippen molar-refractivity contribution in [2.45, 2.75) is 78.0 Å². The van der Waals surface area contributed by atoms with Crippen molar-refractivity contribution in [1.29, 1.82) is 0 Å². The summed E-state index contributed by atoms with van der Waals surface area (Å²) in [6, 6.07) is 5.03. The smallest absolute Gasteiger partial charge is 0.290 e. The number of ketones is 1. The van der Waals surface area contributed by atoms with Crippen molar-refractivity contribution in [3.05, 3.63) is 35.9 Å². The molecule has 5 N–H and O–H groups in total. The molecule has 1 unspecified atom stereocenters. The number of fused-ring (bicyclic) bond motifs is 1. The molecule has 5 amide bonds. The summed E-state index contributed by atoms with van der Waals surface area (Å²) in [6.45, 7) is 9.62. The summed E-state index contributed by atoms with van der Waals surface area (Å²) in [7, 11) is 3.15. The zero-order valence-electron chi connectivity index (χ0n) is 27.4. The van der Waals surface area contributed by atoms with Crippen molar-refractivity contribution in [3.63, 3.8) is 0 Å². The van der Waals surface area contributed by atoms with Crippen LogP contribution in [0.2, 0.25) is 0 Å². The predicted molar refractivity (Wildman–Crippen MR) is 167 cm³/mol. The number of piperidine rings is 1. The van der Waals surface area contributed by atoms with Gasteiger partial charge in [-0.05, 0) is 40.6 Å². The number of nitrogens with one attached hydrogen (secondary N) is 3. The van der Waals surface area contributed by atoms with Crippen molar-refractivity contribution in [2.24, 2.45) is 34.3 Å². The molecule has 6 atom stereocenters. The lowest BCUT2D eigenvalue weighted by atomic mass is 9.86. The van der Waals surface area contributed by atoms with E-state index in [-0.39, 0.29) is 41.4 Å². The van der Waals surface area contributed by atoms with Crippen LogP contribution in [0.5, 0.6) is 0 Å². The van der Waals surface area contributed by atoms with Crippen LogP contribution in [0, 0.1) is 28.6 Å². The molecule has 1 saturated heterocycles.